The Balaban J connectivity index is 1.56. The van der Waals surface area contributed by atoms with Crippen LogP contribution < -0.4 is 10.2 Å². The lowest BCUT2D eigenvalue weighted by atomic mass is 10.1. The van der Waals surface area contributed by atoms with Crippen LogP contribution in [0.1, 0.15) is 0 Å². The first-order valence-electron chi connectivity index (χ1n) is 8.26. The summed E-state index contributed by atoms with van der Waals surface area (Å²) in [5, 5.41) is 4.68. The van der Waals surface area contributed by atoms with Gasteiger partial charge in [-0.1, -0.05) is 12.1 Å². The average Bonchev–Trinajstić information content (AvgIpc) is 3.00. The van der Waals surface area contributed by atoms with E-state index in [0.29, 0.717) is 11.1 Å². The molecule has 0 fully saturated rings. The van der Waals surface area contributed by atoms with Gasteiger partial charge in [0.05, 0.1) is 10.6 Å². The van der Waals surface area contributed by atoms with E-state index >= 15 is 0 Å². The van der Waals surface area contributed by atoms with Crippen LogP contribution in [-0.2, 0) is 19.7 Å². The molecule has 0 unspecified atom stereocenters. The van der Waals surface area contributed by atoms with Gasteiger partial charge in [-0.05, 0) is 59.3 Å². The van der Waals surface area contributed by atoms with Crippen LogP contribution in [0.4, 0.5) is 17.1 Å². The molecule has 1 aliphatic heterocycles. The fraction of sp³-hybridized carbons (Fsp3) is 0. The molecule has 8 heteroatoms. The van der Waals surface area contributed by atoms with Crippen LogP contribution in [0.25, 0.3) is 10.8 Å². The van der Waals surface area contributed by atoms with Crippen LogP contribution in [0.3, 0.4) is 0 Å². The van der Waals surface area contributed by atoms with Crippen LogP contribution in [0.2, 0.25) is 0 Å². The van der Waals surface area contributed by atoms with Crippen LogP contribution in [-0.4, -0.2) is 24.8 Å². The highest BCUT2D eigenvalue weighted by Gasteiger charge is 2.24. The van der Waals surface area contributed by atoms with Crippen molar-refractivity contribution < 1.29 is 22.6 Å². The molecule has 0 radical (unpaired) electrons. The molecule has 0 saturated heterocycles. The fourth-order valence-corrected chi connectivity index (χ4v) is 3.49. The number of anilines is 3. The summed E-state index contributed by atoms with van der Waals surface area (Å²) in [6.07, 6.45) is 2.47. The Morgan fingerprint density at radius 2 is 1.32 bits per heavy atom. The van der Waals surface area contributed by atoms with Gasteiger partial charge < -0.3 is 5.32 Å². The molecule has 0 aromatic heterocycles. The molecule has 0 aliphatic carbocycles. The van der Waals surface area contributed by atoms with E-state index in [-0.39, 0.29) is 16.7 Å². The van der Waals surface area contributed by atoms with E-state index in [4.69, 9.17) is 4.55 Å². The Labute approximate surface area is 160 Å². The third-order valence-electron chi connectivity index (χ3n) is 4.33. The van der Waals surface area contributed by atoms with Crippen molar-refractivity contribution in [1.82, 2.24) is 0 Å². The largest absolute Gasteiger partial charge is 0.356 e. The molecule has 2 amide bonds. The number of benzene rings is 3. The zero-order chi connectivity index (χ0) is 19.9. The molecule has 7 nitrogen and oxygen atoms in total. The van der Waals surface area contributed by atoms with Gasteiger partial charge in [-0.3, -0.25) is 14.1 Å². The van der Waals surface area contributed by atoms with E-state index in [1.54, 1.807) is 42.5 Å². The number of nitrogens with zero attached hydrogens (tertiary/aromatic N) is 1. The predicted molar refractivity (Wildman–Crippen MR) is 105 cm³/mol. The molecule has 0 spiro atoms. The lowest BCUT2D eigenvalue weighted by Crippen LogP contribution is -2.29. The smallest absolute Gasteiger partial charge is 0.294 e. The Bertz CT molecular complexity index is 1230. The molecule has 0 saturated carbocycles. The first-order valence-corrected chi connectivity index (χ1v) is 9.70. The van der Waals surface area contributed by atoms with Gasteiger partial charge in [0.25, 0.3) is 21.9 Å². The molecule has 4 rings (SSSR count). The summed E-state index contributed by atoms with van der Waals surface area (Å²) in [7, 11) is -4.24. The second-order valence-electron chi connectivity index (χ2n) is 6.22. The van der Waals surface area contributed by atoms with Gasteiger partial charge in [-0.2, -0.15) is 8.42 Å². The average molecular weight is 394 g/mol. The maximum Gasteiger partial charge on any atom is 0.294 e. The molecule has 0 bridgehead atoms. The second-order valence-corrected chi connectivity index (χ2v) is 7.64. The van der Waals surface area contributed by atoms with Gasteiger partial charge in [-0.25, -0.2) is 4.90 Å². The monoisotopic (exact) mass is 394 g/mol. The molecular formula is C20H14N2O5S. The fourth-order valence-electron chi connectivity index (χ4n) is 2.98. The molecule has 0 atom stereocenters. The van der Waals surface area contributed by atoms with Gasteiger partial charge in [0.2, 0.25) is 0 Å². The molecular weight excluding hydrogens is 380 g/mol. The Hall–Kier alpha value is -3.49. The van der Waals surface area contributed by atoms with Gasteiger partial charge in [0, 0.05) is 23.5 Å². The zero-order valence-electron chi connectivity index (χ0n) is 14.4. The summed E-state index contributed by atoms with van der Waals surface area (Å²) in [4.78, 5) is 24.4. The van der Waals surface area contributed by atoms with Crippen molar-refractivity contribution in [3.8, 4) is 0 Å². The number of fused-ring (bicyclic) bond motifs is 1. The van der Waals surface area contributed by atoms with Crippen LogP contribution >= 0.6 is 0 Å². The summed E-state index contributed by atoms with van der Waals surface area (Å²) < 4.78 is 31.6. The van der Waals surface area contributed by atoms with Crippen molar-refractivity contribution in [3.63, 3.8) is 0 Å². The Kier molecular flexibility index (Phi) is 4.21. The van der Waals surface area contributed by atoms with Crippen molar-refractivity contribution in [2.75, 3.05) is 10.2 Å². The van der Waals surface area contributed by atoms with Crippen molar-refractivity contribution in [2.24, 2.45) is 0 Å². The first kappa shape index (κ1) is 17.9. The third kappa shape index (κ3) is 3.38. The predicted octanol–water partition coefficient (Wildman–Crippen LogP) is 3.26. The number of amides is 2. The number of nitrogens with one attached hydrogen (secondary N) is 1. The zero-order valence-corrected chi connectivity index (χ0v) is 15.2. The topological polar surface area (TPSA) is 104 Å². The third-order valence-corrected chi connectivity index (χ3v) is 5.18. The standard InChI is InChI=1S/C20H14N2O5S/c23-19-9-10-20(24)22(19)17-6-4-15(5-7-17)21-16-3-1-14-12-18(28(25,26)27)8-2-13(14)11-16/h1-12,21H,(H,25,26,27). The molecule has 1 heterocycles. The van der Waals surface area contributed by atoms with E-state index in [1.165, 1.54) is 24.3 Å². The highest BCUT2D eigenvalue weighted by Crippen LogP contribution is 2.26. The summed E-state index contributed by atoms with van der Waals surface area (Å²) in [5.74, 6) is -0.742. The van der Waals surface area contributed by atoms with Gasteiger partial charge >= 0.3 is 0 Å². The maximum absolute atomic E-state index is 11.7. The summed E-state index contributed by atoms with van der Waals surface area (Å²) in [6, 6.07) is 16.6. The minimum absolute atomic E-state index is 0.156. The molecule has 2 N–H and O–H groups in total. The van der Waals surface area contributed by atoms with Crippen molar-refractivity contribution in [2.45, 2.75) is 4.90 Å². The number of imide groups is 1. The summed E-state index contributed by atoms with van der Waals surface area (Å²) in [6.45, 7) is 0. The number of hydrogen-bond donors (Lipinski definition) is 2. The maximum atomic E-state index is 11.7. The van der Waals surface area contributed by atoms with E-state index in [0.717, 1.165) is 21.7 Å². The number of carbonyl (C=O) groups excluding carboxylic acids is 2. The molecule has 1 aliphatic rings. The van der Waals surface area contributed by atoms with Crippen molar-refractivity contribution in [3.05, 3.63) is 72.8 Å². The number of rotatable bonds is 4. The highest BCUT2D eigenvalue weighted by molar-refractivity contribution is 7.85. The number of hydrogen-bond acceptors (Lipinski definition) is 5. The Morgan fingerprint density at radius 1 is 0.750 bits per heavy atom. The lowest BCUT2D eigenvalue weighted by Gasteiger charge is -2.15. The molecule has 3 aromatic rings. The normalized spacial score (nSPS) is 14.1. The minimum atomic E-state index is -4.24. The number of carbonyl (C=O) groups is 2. The van der Waals surface area contributed by atoms with Crippen LogP contribution in [0, 0.1) is 0 Å². The van der Waals surface area contributed by atoms with Gasteiger partial charge in [0.1, 0.15) is 0 Å². The van der Waals surface area contributed by atoms with Gasteiger partial charge in [-0.15, -0.1) is 0 Å². The summed E-state index contributed by atoms with van der Waals surface area (Å²) >= 11 is 0. The van der Waals surface area contributed by atoms with E-state index < -0.39 is 10.1 Å². The van der Waals surface area contributed by atoms with Gasteiger partial charge in [0.15, 0.2) is 0 Å². The second kappa shape index (κ2) is 6.59. The van der Waals surface area contributed by atoms with E-state index in [9.17, 15) is 18.0 Å². The highest BCUT2D eigenvalue weighted by atomic mass is 32.2. The van der Waals surface area contributed by atoms with Crippen molar-refractivity contribution >= 4 is 49.8 Å². The minimum Gasteiger partial charge on any atom is -0.356 e. The van der Waals surface area contributed by atoms with Crippen LogP contribution in [0.5, 0.6) is 0 Å². The van der Waals surface area contributed by atoms with Crippen molar-refractivity contribution in [1.29, 1.82) is 0 Å². The molecule has 140 valence electrons. The summed E-state index contributed by atoms with van der Waals surface area (Å²) in [5.41, 5.74) is 2.02. The SMILES string of the molecule is O=C1C=CC(=O)N1c1ccc(Nc2ccc3cc(S(=O)(=O)O)ccc3c2)cc1. The van der Waals surface area contributed by atoms with Crippen LogP contribution in [0.15, 0.2) is 77.7 Å². The van der Waals surface area contributed by atoms with E-state index in [1.807, 2.05) is 6.07 Å². The molecule has 28 heavy (non-hydrogen) atoms. The first-order chi connectivity index (χ1) is 13.3. The lowest BCUT2D eigenvalue weighted by molar-refractivity contribution is -0.119. The Morgan fingerprint density at radius 3 is 1.96 bits per heavy atom. The quantitative estimate of drug-likeness (QED) is 0.520. The van der Waals surface area contributed by atoms with E-state index in [2.05, 4.69) is 5.32 Å². The molecule has 3 aromatic carbocycles.